The van der Waals surface area contributed by atoms with E-state index in [2.05, 4.69) is 25.0 Å². The number of carbonyl (C=O) groups is 1. The van der Waals surface area contributed by atoms with Crippen molar-refractivity contribution in [2.75, 3.05) is 56.1 Å². The molecule has 0 unspecified atom stereocenters. The molecular weight excluding hydrogens is 390 g/mol. The Morgan fingerprint density at radius 2 is 1.77 bits per heavy atom. The van der Waals surface area contributed by atoms with Gasteiger partial charge in [0.05, 0.1) is 11.3 Å². The first-order chi connectivity index (χ1) is 15.2. The number of aromatic nitrogens is 3. The minimum absolute atomic E-state index is 0.112. The maximum atomic E-state index is 11.8. The first-order valence-corrected chi connectivity index (χ1v) is 11.5. The van der Waals surface area contributed by atoms with E-state index in [-0.39, 0.29) is 5.91 Å². The molecule has 1 N–H and O–H groups in total. The van der Waals surface area contributed by atoms with Crippen LogP contribution in [0.2, 0.25) is 0 Å². The normalized spacial score (nSPS) is 20.0. The summed E-state index contributed by atoms with van der Waals surface area (Å²) >= 11 is 0. The Kier molecular flexibility index (Phi) is 5.72. The molecule has 0 aromatic carbocycles. The van der Waals surface area contributed by atoms with Gasteiger partial charge in [-0.1, -0.05) is 6.42 Å². The zero-order valence-electron chi connectivity index (χ0n) is 18.3. The molecule has 5 rings (SSSR count). The quantitative estimate of drug-likeness (QED) is 0.802. The Hall–Kier alpha value is -2.74. The van der Waals surface area contributed by atoms with Crippen molar-refractivity contribution in [2.24, 2.45) is 0 Å². The zero-order chi connectivity index (χ0) is 21.2. The first kappa shape index (κ1) is 20.2. The van der Waals surface area contributed by atoms with Gasteiger partial charge in [0.2, 0.25) is 5.95 Å². The van der Waals surface area contributed by atoms with E-state index in [1.807, 2.05) is 18.3 Å². The molecule has 1 saturated carbocycles. The van der Waals surface area contributed by atoms with E-state index >= 15 is 0 Å². The van der Waals surface area contributed by atoms with Gasteiger partial charge in [0.25, 0.3) is 5.91 Å². The molecule has 2 aromatic rings. The van der Waals surface area contributed by atoms with E-state index in [1.54, 1.807) is 13.2 Å². The van der Waals surface area contributed by atoms with Gasteiger partial charge >= 0.3 is 0 Å². The lowest BCUT2D eigenvalue weighted by Gasteiger charge is -2.43. The average molecular weight is 422 g/mol. The van der Waals surface area contributed by atoms with Crippen molar-refractivity contribution in [2.45, 2.75) is 38.1 Å². The van der Waals surface area contributed by atoms with Crippen LogP contribution >= 0.6 is 0 Å². The summed E-state index contributed by atoms with van der Waals surface area (Å²) < 4.78 is 0. The van der Waals surface area contributed by atoms with E-state index in [0.29, 0.717) is 5.56 Å². The minimum atomic E-state index is -0.112. The lowest BCUT2D eigenvalue weighted by Crippen LogP contribution is -2.52. The second-order valence-electron chi connectivity index (χ2n) is 8.72. The predicted molar refractivity (Wildman–Crippen MR) is 121 cm³/mol. The molecule has 0 radical (unpaired) electrons. The zero-order valence-corrected chi connectivity index (χ0v) is 18.3. The highest BCUT2D eigenvalue weighted by Crippen LogP contribution is 2.26. The van der Waals surface area contributed by atoms with Gasteiger partial charge in [0, 0.05) is 71.2 Å². The summed E-state index contributed by atoms with van der Waals surface area (Å²) in [6, 6.07) is 4.58. The van der Waals surface area contributed by atoms with Gasteiger partial charge in [-0.05, 0) is 37.0 Å². The second kappa shape index (κ2) is 8.78. The standard InChI is InChI=1S/C23H31N7O/c1-24-22(31)18-5-6-21(25-16-18)29-9-7-17-15-26-23(27-20(17)8-10-29)30-13-11-28(12-14-30)19-3-2-4-19/h5-6,15-16,19H,2-4,7-14H2,1H3,(H,24,31). The SMILES string of the molecule is CNC(=O)c1ccc(N2CCc3cnc(N4CCN(C5CCC5)CC4)nc3CC2)nc1. The van der Waals surface area contributed by atoms with E-state index in [1.165, 1.54) is 24.8 Å². The molecule has 3 aliphatic rings. The molecule has 2 aromatic heterocycles. The summed E-state index contributed by atoms with van der Waals surface area (Å²) in [5.74, 6) is 1.67. The summed E-state index contributed by atoms with van der Waals surface area (Å²) in [6.07, 6.45) is 9.60. The van der Waals surface area contributed by atoms with Gasteiger partial charge in [0.15, 0.2) is 0 Å². The number of nitrogens with zero attached hydrogens (tertiary/aromatic N) is 6. The largest absolute Gasteiger partial charge is 0.356 e. The van der Waals surface area contributed by atoms with Gasteiger partial charge in [-0.3, -0.25) is 9.69 Å². The highest BCUT2D eigenvalue weighted by molar-refractivity contribution is 5.93. The molecule has 31 heavy (non-hydrogen) atoms. The van der Waals surface area contributed by atoms with Crippen LogP contribution in [0.25, 0.3) is 0 Å². The number of nitrogens with one attached hydrogen (secondary N) is 1. The van der Waals surface area contributed by atoms with Gasteiger partial charge in [0.1, 0.15) is 5.82 Å². The molecule has 2 aliphatic heterocycles. The number of carbonyl (C=O) groups excluding carboxylic acids is 1. The number of fused-ring (bicyclic) bond motifs is 1. The number of hydrogen-bond acceptors (Lipinski definition) is 7. The number of anilines is 2. The molecule has 0 spiro atoms. The highest BCUT2D eigenvalue weighted by atomic mass is 16.1. The molecule has 8 heteroatoms. The van der Waals surface area contributed by atoms with Crippen LogP contribution in [0.3, 0.4) is 0 Å². The molecule has 8 nitrogen and oxygen atoms in total. The minimum Gasteiger partial charge on any atom is -0.356 e. The summed E-state index contributed by atoms with van der Waals surface area (Å²) in [5.41, 5.74) is 2.98. The van der Waals surface area contributed by atoms with E-state index in [0.717, 1.165) is 75.6 Å². The third-order valence-electron chi connectivity index (χ3n) is 6.96. The van der Waals surface area contributed by atoms with Crippen LogP contribution in [0.5, 0.6) is 0 Å². The fourth-order valence-corrected chi connectivity index (χ4v) is 4.74. The smallest absolute Gasteiger partial charge is 0.252 e. The molecule has 4 heterocycles. The maximum absolute atomic E-state index is 11.8. The van der Waals surface area contributed by atoms with E-state index in [9.17, 15) is 4.79 Å². The van der Waals surface area contributed by atoms with Gasteiger partial charge in [-0.2, -0.15) is 0 Å². The van der Waals surface area contributed by atoms with Crippen LogP contribution in [0, 0.1) is 0 Å². The molecule has 1 saturated heterocycles. The summed E-state index contributed by atoms with van der Waals surface area (Å²) in [7, 11) is 1.63. The Bertz CT molecular complexity index is 920. The van der Waals surface area contributed by atoms with Crippen LogP contribution in [0.1, 0.15) is 40.9 Å². The number of rotatable bonds is 4. The van der Waals surface area contributed by atoms with Crippen LogP contribution in [0.4, 0.5) is 11.8 Å². The first-order valence-electron chi connectivity index (χ1n) is 11.5. The Balaban J connectivity index is 1.23. The number of pyridine rings is 1. The number of hydrogen-bond donors (Lipinski definition) is 1. The number of amides is 1. The molecule has 1 aliphatic carbocycles. The molecular formula is C23H31N7O. The summed E-state index contributed by atoms with van der Waals surface area (Å²) in [5, 5.41) is 2.63. The van der Waals surface area contributed by atoms with Gasteiger partial charge in [-0.25, -0.2) is 15.0 Å². The van der Waals surface area contributed by atoms with Crippen LogP contribution in [-0.2, 0) is 12.8 Å². The van der Waals surface area contributed by atoms with Crippen molar-refractivity contribution < 1.29 is 4.79 Å². The van der Waals surface area contributed by atoms with Crippen molar-refractivity contribution in [1.29, 1.82) is 0 Å². The third-order valence-corrected chi connectivity index (χ3v) is 6.96. The van der Waals surface area contributed by atoms with Crippen LogP contribution in [0.15, 0.2) is 24.5 Å². The van der Waals surface area contributed by atoms with E-state index in [4.69, 9.17) is 9.97 Å². The Labute approximate surface area is 183 Å². The van der Waals surface area contributed by atoms with Crippen molar-refractivity contribution in [3.8, 4) is 0 Å². The second-order valence-corrected chi connectivity index (χ2v) is 8.72. The molecule has 2 fully saturated rings. The fraction of sp³-hybridized carbons (Fsp3) is 0.565. The van der Waals surface area contributed by atoms with Crippen molar-refractivity contribution in [1.82, 2.24) is 25.2 Å². The fourth-order valence-electron chi connectivity index (χ4n) is 4.74. The molecule has 164 valence electrons. The lowest BCUT2D eigenvalue weighted by atomic mass is 9.91. The molecule has 0 bridgehead atoms. The van der Waals surface area contributed by atoms with Gasteiger partial charge < -0.3 is 15.1 Å². The van der Waals surface area contributed by atoms with Crippen LogP contribution in [-0.4, -0.2) is 78.1 Å². The maximum Gasteiger partial charge on any atom is 0.252 e. The average Bonchev–Trinajstić information content (AvgIpc) is 3.00. The monoisotopic (exact) mass is 421 g/mol. The van der Waals surface area contributed by atoms with Crippen LogP contribution < -0.4 is 15.1 Å². The lowest BCUT2D eigenvalue weighted by molar-refractivity contribution is 0.0962. The summed E-state index contributed by atoms with van der Waals surface area (Å²) in [6.45, 7) is 6.02. The van der Waals surface area contributed by atoms with Crippen molar-refractivity contribution in [3.05, 3.63) is 41.3 Å². The predicted octanol–water partition coefficient (Wildman–Crippen LogP) is 1.51. The van der Waals surface area contributed by atoms with Gasteiger partial charge in [-0.15, -0.1) is 0 Å². The topological polar surface area (TPSA) is 77.5 Å². The molecule has 1 amide bonds. The Morgan fingerprint density at radius 3 is 2.45 bits per heavy atom. The van der Waals surface area contributed by atoms with E-state index < -0.39 is 0 Å². The van der Waals surface area contributed by atoms with Crippen molar-refractivity contribution >= 4 is 17.7 Å². The summed E-state index contributed by atoms with van der Waals surface area (Å²) in [4.78, 5) is 33.2. The molecule has 0 atom stereocenters. The Morgan fingerprint density at radius 1 is 0.968 bits per heavy atom. The highest BCUT2D eigenvalue weighted by Gasteiger charge is 2.29. The van der Waals surface area contributed by atoms with Crippen molar-refractivity contribution in [3.63, 3.8) is 0 Å². The number of piperazine rings is 1. The third kappa shape index (κ3) is 4.21.